The standard InChI is InChI=1S/C11H21N3O/c1-7-3-4-13-8(2)10(7)14-11(15)9-5-12-6-9/h7-10,12-13H,3-6H2,1-2H3,(H,14,15). The van der Waals surface area contributed by atoms with Crippen LogP contribution >= 0.6 is 0 Å². The van der Waals surface area contributed by atoms with Gasteiger partial charge in [0.05, 0.1) is 5.92 Å². The maximum Gasteiger partial charge on any atom is 0.225 e. The van der Waals surface area contributed by atoms with Crippen molar-refractivity contribution in [3.8, 4) is 0 Å². The lowest BCUT2D eigenvalue weighted by molar-refractivity contribution is -0.127. The summed E-state index contributed by atoms with van der Waals surface area (Å²) in [6, 6.07) is 0.692. The molecule has 0 aromatic heterocycles. The van der Waals surface area contributed by atoms with E-state index in [4.69, 9.17) is 0 Å². The number of hydrogen-bond donors (Lipinski definition) is 3. The second-order valence-corrected chi connectivity index (χ2v) is 4.90. The van der Waals surface area contributed by atoms with E-state index in [0.29, 0.717) is 18.0 Å². The van der Waals surface area contributed by atoms with E-state index in [-0.39, 0.29) is 11.8 Å². The van der Waals surface area contributed by atoms with Crippen LogP contribution in [0.15, 0.2) is 0 Å². The highest BCUT2D eigenvalue weighted by Gasteiger charge is 2.32. The first-order valence-electron chi connectivity index (χ1n) is 5.93. The molecule has 2 fully saturated rings. The summed E-state index contributed by atoms with van der Waals surface area (Å²) in [5.41, 5.74) is 0. The fourth-order valence-corrected chi connectivity index (χ4v) is 2.36. The van der Waals surface area contributed by atoms with Crippen LogP contribution in [0.25, 0.3) is 0 Å². The van der Waals surface area contributed by atoms with Gasteiger partial charge in [0.2, 0.25) is 5.91 Å². The lowest BCUT2D eigenvalue weighted by Gasteiger charge is -2.38. The molecule has 3 N–H and O–H groups in total. The number of piperidine rings is 1. The average Bonchev–Trinajstić information content (AvgIpc) is 2.08. The van der Waals surface area contributed by atoms with Crippen molar-refractivity contribution in [2.75, 3.05) is 19.6 Å². The average molecular weight is 211 g/mol. The van der Waals surface area contributed by atoms with Gasteiger partial charge in [0.15, 0.2) is 0 Å². The SMILES string of the molecule is CC1CCNC(C)C1NC(=O)C1CNC1. The van der Waals surface area contributed by atoms with Crippen LogP contribution in [-0.4, -0.2) is 37.6 Å². The Balaban J connectivity index is 1.87. The Morgan fingerprint density at radius 3 is 2.60 bits per heavy atom. The smallest absolute Gasteiger partial charge is 0.225 e. The maximum absolute atomic E-state index is 11.8. The summed E-state index contributed by atoms with van der Waals surface area (Å²) in [5.74, 6) is 1.01. The van der Waals surface area contributed by atoms with E-state index < -0.39 is 0 Å². The fourth-order valence-electron chi connectivity index (χ4n) is 2.36. The molecule has 1 amide bonds. The van der Waals surface area contributed by atoms with E-state index in [2.05, 4.69) is 29.8 Å². The molecule has 3 atom stereocenters. The molecule has 0 aromatic rings. The van der Waals surface area contributed by atoms with Crippen molar-refractivity contribution in [2.45, 2.75) is 32.4 Å². The molecule has 0 bridgehead atoms. The first kappa shape index (κ1) is 10.9. The summed E-state index contributed by atoms with van der Waals surface area (Å²) in [7, 11) is 0. The van der Waals surface area contributed by atoms with Gasteiger partial charge in [-0.3, -0.25) is 4.79 Å². The van der Waals surface area contributed by atoms with Gasteiger partial charge in [0, 0.05) is 25.2 Å². The van der Waals surface area contributed by atoms with E-state index in [1.165, 1.54) is 0 Å². The number of carbonyl (C=O) groups is 1. The Morgan fingerprint density at radius 1 is 1.33 bits per heavy atom. The third-order valence-electron chi connectivity index (χ3n) is 3.68. The molecular formula is C11H21N3O. The molecule has 86 valence electrons. The summed E-state index contributed by atoms with van der Waals surface area (Å²) >= 11 is 0. The summed E-state index contributed by atoms with van der Waals surface area (Å²) < 4.78 is 0. The van der Waals surface area contributed by atoms with Crippen LogP contribution in [0.5, 0.6) is 0 Å². The molecule has 0 aromatic carbocycles. The van der Waals surface area contributed by atoms with E-state index >= 15 is 0 Å². The predicted molar refractivity (Wildman–Crippen MR) is 59.5 cm³/mol. The molecule has 2 aliphatic rings. The highest BCUT2D eigenvalue weighted by Crippen LogP contribution is 2.17. The van der Waals surface area contributed by atoms with Gasteiger partial charge in [-0.25, -0.2) is 0 Å². The van der Waals surface area contributed by atoms with Crippen molar-refractivity contribution < 1.29 is 4.79 Å². The largest absolute Gasteiger partial charge is 0.351 e. The summed E-state index contributed by atoms with van der Waals surface area (Å²) in [4.78, 5) is 11.8. The first-order chi connectivity index (χ1) is 7.18. The Hall–Kier alpha value is -0.610. The van der Waals surface area contributed by atoms with Crippen LogP contribution in [0, 0.1) is 11.8 Å². The van der Waals surface area contributed by atoms with Crippen molar-refractivity contribution in [3.05, 3.63) is 0 Å². The normalized spacial score (nSPS) is 37.1. The lowest BCUT2D eigenvalue weighted by Crippen LogP contribution is -2.60. The topological polar surface area (TPSA) is 53.2 Å². The number of rotatable bonds is 2. The van der Waals surface area contributed by atoms with Gasteiger partial charge >= 0.3 is 0 Å². The Labute approximate surface area is 91.2 Å². The molecule has 2 aliphatic heterocycles. The molecule has 0 saturated carbocycles. The van der Waals surface area contributed by atoms with Crippen molar-refractivity contribution >= 4 is 5.91 Å². The van der Waals surface area contributed by atoms with E-state index in [9.17, 15) is 4.79 Å². The minimum atomic E-state index is 0.200. The first-order valence-corrected chi connectivity index (χ1v) is 5.93. The third kappa shape index (κ3) is 2.32. The molecule has 15 heavy (non-hydrogen) atoms. The van der Waals surface area contributed by atoms with Crippen molar-refractivity contribution in [1.82, 2.24) is 16.0 Å². The predicted octanol–water partition coefficient (Wildman–Crippen LogP) is -0.291. The molecule has 4 nitrogen and oxygen atoms in total. The van der Waals surface area contributed by atoms with Crippen molar-refractivity contribution in [2.24, 2.45) is 11.8 Å². The molecule has 2 saturated heterocycles. The van der Waals surface area contributed by atoms with Gasteiger partial charge in [-0.1, -0.05) is 6.92 Å². The zero-order valence-electron chi connectivity index (χ0n) is 9.55. The molecule has 2 rings (SSSR count). The number of carbonyl (C=O) groups excluding carboxylic acids is 1. The van der Waals surface area contributed by atoms with Gasteiger partial charge in [-0.2, -0.15) is 0 Å². The van der Waals surface area contributed by atoms with Crippen LogP contribution < -0.4 is 16.0 Å². The summed E-state index contributed by atoms with van der Waals surface area (Å²) in [5, 5.41) is 9.72. The second-order valence-electron chi connectivity index (χ2n) is 4.90. The number of amides is 1. The molecule has 0 aliphatic carbocycles. The van der Waals surface area contributed by atoms with Gasteiger partial charge in [-0.05, 0) is 25.8 Å². The maximum atomic E-state index is 11.8. The van der Waals surface area contributed by atoms with Gasteiger partial charge in [0.25, 0.3) is 0 Å². The second kappa shape index (κ2) is 4.49. The van der Waals surface area contributed by atoms with E-state index in [1.54, 1.807) is 0 Å². The van der Waals surface area contributed by atoms with Crippen LogP contribution in [-0.2, 0) is 4.79 Å². The van der Waals surface area contributed by atoms with Gasteiger partial charge in [-0.15, -0.1) is 0 Å². The molecule has 0 radical (unpaired) electrons. The summed E-state index contributed by atoms with van der Waals surface area (Å²) in [6.07, 6.45) is 1.15. The highest BCUT2D eigenvalue weighted by atomic mass is 16.2. The quantitative estimate of drug-likeness (QED) is 0.588. The molecular weight excluding hydrogens is 190 g/mol. The Kier molecular flexibility index (Phi) is 3.26. The van der Waals surface area contributed by atoms with Gasteiger partial charge in [0.1, 0.15) is 0 Å². The molecule has 3 unspecified atom stereocenters. The minimum absolute atomic E-state index is 0.200. The van der Waals surface area contributed by atoms with E-state index in [0.717, 1.165) is 26.1 Å². The highest BCUT2D eigenvalue weighted by molar-refractivity contribution is 5.80. The summed E-state index contributed by atoms with van der Waals surface area (Å²) in [6.45, 7) is 7.13. The Morgan fingerprint density at radius 2 is 2.07 bits per heavy atom. The van der Waals surface area contributed by atoms with Crippen molar-refractivity contribution in [3.63, 3.8) is 0 Å². The van der Waals surface area contributed by atoms with Crippen LogP contribution in [0.1, 0.15) is 20.3 Å². The lowest BCUT2D eigenvalue weighted by atomic mass is 9.88. The zero-order valence-corrected chi connectivity index (χ0v) is 9.55. The van der Waals surface area contributed by atoms with Crippen molar-refractivity contribution in [1.29, 1.82) is 0 Å². The zero-order chi connectivity index (χ0) is 10.8. The fraction of sp³-hybridized carbons (Fsp3) is 0.909. The Bertz CT molecular complexity index is 230. The van der Waals surface area contributed by atoms with Crippen LogP contribution in [0.3, 0.4) is 0 Å². The van der Waals surface area contributed by atoms with Gasteiger partial charge < -0.3 is 16.0 Å². The number of hydrogen-bond acceptors (Lipinski definition) is 3. The van der Waals surface area contributed by atoms with E-state index in [1.807, 2.05) is 0 Å². The minimum Gasteiger partial charge on any atom is -0.351 e. The van der Waals surface area contributed by atoms with Crippen LogP contribution in [0.2, 0.25) is 0 Å². The number of nitrogens with one attached hydrogen (secondary N) is 3. The monoisotopic (exact) mass is 211 g/mol. The van der Waals surface area contributed by atoms with Crippen LogP contribution in [0.4, 0.5) is 0 Å². The molecule has 0 spiro atoms. The third-order valence-corrected chi connectivity index (χ3v) is 3.68. The molecule has 2 heterocycles. The molecule has 4 heteroatoms.